The third kappa shape index (κ3) is 3.63. The van der Waals surface area contributed by atoms with Crippen LogP contribution >= 0.6 is 0 Å². The third-order valence-corrected chi connectivity index (χ3v) is 2.87. The van der Waals surface area contributed by atoms with E-state index in [0.717, 1.165) is 12.8 Å². The monoisotopic (exact) mass is 291 g/mol. The van der Waals surface area contributed by atoms with Gasteiger partial charge < -0.3 is 0 Å². The molecule has 0 aliphatic carbocycles. The molecular formula is C8H13N5O2Se. The Bertz CT molecular complexity index is 378. The van der Waals surface area contributed by atoms with Crippen molar-refractivity contribution in [2.75, 3.05) is 11.9 Å². The Hall–Kier alpha value is -1.40. The topological polar surface area (TPSA) is 110 Å². The summed E-state index contributed by atoms with van der Waals surface area (Å²) in [4.78, 5) is 22.2. The predicted octanol–water partition coefficient (Wildman–Crippen LogP) is -0.446. The van der Waals surface area contributed by atoms with Gasteiger partial charge in [0.1, 0.15) is 0 Å². The maximum atomic E-state index is 11.6. The molecule has 0 fully saturated rings. The molecule has 0 aliphatic heterocycles. The van der Waals surface area contributed by atoms with E-state index in [-0.39, 0.29) is 32.4 Å². The molecule has 0 saturated heterocycles. The zero-order valence-corrected chi connectivity index (χ0v) is 10.5. The Morgan fingerprint density at radius 2 is 2.19 bits per heavy atom. The molecule has 88 valence electrons. The average molecular weight is 290 g/mol. The number of anilines is 1. The Balaban J connectivity index is 2.61. The Morgan fingerprint density at radius 1 is 1.44 bits per heavy atom. The summed E-state index contributed by atoms with van der Waals surface area (Å²) >= 11 is -0.380. The van der Waals surface area contributed by atoms with Crippen molar-refractivity contribution < 1.29 is 9.59 Å². The molecule has 0 bridgehead atoms. The zero-order valence-electron chi connectivity index (χ0n) is 8.82. The second kappa shape index (κ2) is 6.24. The van der Waals surface area contributed by atoms with E-state index in [9.17, 15) is 9.59 Å². The quantitative estimate of drug-likeness (QED) is 0.504. The van der Waals surface area contributed by atoms with Gasteiger partial charge in [-0.1, -0.05) is 0 Å². The van der Waals surface area contributed by atoms with Gasteiger partial charge in [0.15, 0.2) is 0 Å². The van der Waals surface area contributed by atoms with Crippen LogP contribution in [0.15, 0.2) is 0 Å². The summed E-state index contributed by atoms with van der Waals surface area (Å²) in [6.07, 6.45) is 1.90. The summed E-state index contributed by atoms with van der Waals surface area (Å²) in [6, 6.07) is -0.745. The van der Waals surface area contributed by atoms with Gasteiger partial charge in [-0.2, -0.15) is 0 Å². The van der Waals surface area contributed by atoms with Crippen LogP contribution in [0.1, 0.15) is 30.3 Å². The molecule has 3 amide bonds. The van der Waals surface area contributed by atoms with E-state index < -0.39 is 6.03 Å². The molecule has 4 N–H and O–H groups in total. The molecule has 0 radical (unpaired) electrons. The second-order valence-corrected chi connectivity index (χ2v) is 4.17. The molecule has 8 heteroatoms. The molecule has 1 aromatic rings. The summed E-state index contributed by atoms with van der Waals surface area (Å²) < 4.78 is 7.85. The number of nitrogens with zero attached hydrogens (tertiary/aromatic N) is 2. The first kappa shape index (κ1) is 12.7. The molecule has 16 heavy (non-hydrogen) atoms. The standard InChI is InChI=1S/C8H13N5O2Se/c1-2-3-4-10-7(14)5-6(11-8(9)15)13-16-12-5/h2-4H2,1H3,(H,10,14)(H3,9,11,13,15). The molecule has 1 heterocycles. The first-order chi connectivity index (χ1) is 7.65. The van der Waals surface area contributed by atoms with E-state index in [4.69, 9.17) is 5.73 Å². The number of urea groups is 1. The molecule has 1 rings (SSSR count). The molecular weight excluding hydrogens is 277 g/mol. The molecule has 0 saturated carbocycles. The Morgan fingerprint density at radius 3 is 2.81 bits per heavy atom. The summed E-state index contributed by atoms with van der Waals surface area (Å²) in [7, 11) is 0. The number of primary amides is 1. The van der Waals surface area contributed by atoms with Gasteiger partial charge in [0, 0.05) is 0 Å². The predicted molar refractivity (Wildman–Crippen MR) is 59.4 cm³/mol. The van der Waals surface area contributed by atoms with Crippen molar-refractivity contribution in [3.63, 3.8) is 0 Å². The fourth-order valence-electron chi connectivity index (χ4n) is 0.999. The number of hydrogen-bond acceptors (Lipinski definition) is 4. The van der Waals surface area contributed by atoms with Crippen LogP contribution in [0.3, 0.4) is 0 Å². The average Bonchev–Trinajstić information content (AvgIpc) is 2.65. The second-order valence-electron chi connectivity index (χ2n) is 3.06. The summed E-state index contributed by atoms with van der Waals surface area (Å²) in [5.41, 5.74) is 5.11. The summed E-state index contributed by atoms with van der Waals surface area (Å²) in [5, 5.41) is 4.97. The fourth-order valence-corrected chi connectivity index (χ4v) is 2.06. The van der Waals surface area contributed by atoms with Gasteiger partial charge in [-0.15, -0.1) is 0 Å². The van der Waals surface area contributed by atoms with E-state index in [0.29, 0.717) is 6.54 Å². The number of unbranched alkanes of at least 4 members (excludes halogenated alkanes) is 1. The van der Waals surface area contributed by atoms with Crippen LogP contribution in [0, 0.1) is 0 Å². The van der Waals surface area contributed by atoms with Crippen LogP contribution in [0.5, 0.6) is 0 Å². The SMILES string of the molecule is CCCCNC(=O)c1n[se]nc1NC(N)=O. The molecule has 1 aromatic heterocycles. The number of nitrogens with one attached hydrogen (secondary N) is 2. The normalized spacial score (nSPS) is 9.81. The van der Waals surface area contributed by atoms with Gasteiger partial charge in [-0.25, -0.2) is 0 Å². The van der Waals surface area contributed by atoms with E-state index >= 15 is 0 Å². The first-order valence-electron chi connectivity index (χ1n) is 4.82. The maximum absolute atomic E-state index is 11.6. The van der Waals surface area contributed by atoms with E-state index in [1.54, 1.807) is 0 Å². The van der Waals surface area contributed by atoms with Crippen LogP contribution in [-0.4, -0.2) is 41.4 Å². The number of amides is 3. The number of rotatable bonds is 5. The van der Waals surface area contributed by atoms with Crippen LogP contribution in [0.25, 0.3) is 0 Å². The molecule has 7 nitrogen and oxygen atoms in total. The number of aromatic nitrogens is 2. The number of hydrogen-bond donors (Lipinski definition) is 3. The van der Waals surface area contributed by atoms with E-state index in [1.807, 2.05) is 6.92 Å². The van der Waals surface area contributed by atoms with Gasteiger partial charge >= 0.3 is 98.6 Å². The molecule has 0 aromatic carbocycles. The van der Waals surface area contributed by atoms with Crippen molar-refractivity contribution in [2.45, 2.75) is 19.8 Å². The van der Waals surface area contributed by atoms with Crippen LogP contribution in [0.2, 0.25) is 0 Å². The van der Waals surface area contributed by atoms with Gasteiger partial charge in [-0.3, -0.25) is 0 Å². The van der Waals surface area contributed by atoms with Crippen LogP contribution in [0.4, 0.5) is 10.6 Å². The minimum absolute atomic E-state index is 0.162. The number of nitrogens with two attached hydrogens (primary N) is 1. The van der Waals surface area contributed by atoms with E-state index in [2.05, 4.69) is 18.6 Å². The van der Waals surface area contributed by atoms with Crippen LogP contribution in [-0.2, 0) is 0 Å². The van der Waals surface area contributed by atoms with Crippen molar-refractivity contribution >= 4 is 32.7 Å². The van der Waals surface area contributed by atoms with Gasteiger partial charge in [0.2, 0.25) is 0 Å². The van der Waals surface area contributed by atoms with E-state index in [1.165, 1.54) is 0 Å². The minimum atomic E-state index is -0.745. The van der Waals surface area contributed by atoms with Gasteiger partial charge in [-0.05, 0) is 0 Å². The van der Waals surface area contributed by atoms with Crippen molar-refractivity contribution in [3.8, 4) is 0 Å². The summed E-state index contributed by atoms with van der Waals surface area (Å²) in [6.45, 7) is 2.62. The van der Waals surface area contributed by atoms with Gasteiger partial charge in [0.25, 0.3) is 0 Å². The van der Waals surface area contributed by atoms with Crippen molar-refractivity contribution in [1.29, 1.82) is 0 Å². The Labute approximate surface area is 99.0 Å². The van der Waals surface area contributed by atoms with Crippen molar-refractivity contribution in [2.24, 2.45) is 5.73 Å². The third-order valence-electron chi connectivity index (χ3n) is 1.76. The zero-order chi connectivity index (χ0) is 12.0. The molecule has 0 spiro atoms. The first-order valence-corrected chi connectivity index (χ1v) is 6.35. The van der Waals surface area contributed by atoms with Crippen molar-refractivity contribution in [3.05, 3.63) is 5.69 Å². The number of carbonyl (C=O) groups is 2. The molecule has 0 unspecified atom stereocenters. The van der Waals surface area contributed by atoms with Crippen molar-refractivity contribution in [1.82, 2.24) is 13.3 Å². The molecule has 0 aliphatic rings. The fraction of sp³-hybridized carbons (Fsp3) is 0.500. The summed E-state index contributed by atoms with van der Waals surface area (Å²) in [5.74, 6) is -0.151. The van der Waals surface area contributed by atoms with Crippen LogP contribution < -0.4 is 16.4 Å². The Kier molecular flexibility index (Phi) is 4.94. The number of carbonyl (C=O) groups excluding carboxylic acids is 2. The molecule has 0 atom stereocenters. The van der Waals surface area contributed by atoms with Gasteiger partial charge in [0.05, 0.1) is 0 Å².